The normalized spacial score (nSPS) is 15.5. The molecule has 0 spiro atoms. The van der Waals surface area contributed by atoms with Crippen molar-refractivity contribution >= 4 is 43.7 Å². The van der Waals surface area contributed by atoms with Crippen LogP contribution in [0.1, 0.15) is 25.3 Å². The Morgan fingerprint density at radius 2 is 1.95 bits per heavy atom. The number of anilines is 2. The molecule has 198 valence electrons. The van der Waals surface area contributed by atoms with Gasteiger partial charge in [0.25, 0.3) is 5.91 Å². The third kappa shape index (κ3) is 6.53. The summed E-state index contributed by atoms with van der Waals surface area (Å²) in [5.41, 5.74) is 2.47. The van der Waals surface area contributed by atoms with E-state index in [2.05, 4.69) is 19.6 Å². The molecule has 1 atom stereocenters. The van der Waals surface area contributed by atoms with Gasteiger partial charge in [0.15, 0.2) is 6.10 Å². The minimum atomic E-state index is -2.34. The molecular weight excluding hydrogens is 497 g/mol. The number of fused-ring (bicyclic) bond motifs is 1. The van der Waals surface area contributed by atoms with Gasteiger partial charge in [0.2, 0.25) is 0 Å². The van der Waals surface area contributed by atoms with Crippen molar-refractivity contribution in [2.75, 3.05) is 38.0 Å². The Kier molecular flexibility index (Phi) is 7.93. The largest absolute Gasteiger partial charge is 0.479 e. The van der Waals surface area contributed by atoms with E-state index in [1.165, 1.54) is 18.5 Å². The van der Waals surface area contributed by atoms with Crippen LogP contribution in [0.15, 0.2) is 41.0 Å². The van der Waals surface area contributed by atoms with Crippen molar-refractivity contribution in [2.45, 2.75) is 38.9 Å². The first-order valence-corrected chi connectivity index (χ1v) is 14.3. The van der Waals surface area contributed by atoms with E-state index in [4.69, 9.17) is 9.47 Å². The number of carbonyl (C=O) groups is 1. The molecule has 1 fully saturated rings. The van der Waals surface area contributed by atoms with Gasteiger partial charge < -0.3 is 19.7 Å². The zero-order chi connectivity index (χ0) is 26.7. The zero-order valence-electron chi connectivity index (χ0n) is 21.7. The molecule has 0 unspecified atom stereocenters. The number of methoxy groups -OCH3 is 1. The standard InChI is InChI=1S/C26H32FN5O4S/c1-16-12-19(31-37(4,5)34)14-22-24(16)25(29-15-28-22)30-21-7-6-18(27)13-23(21)36-17(2)26(33)32-10-8-20(35-3)9-11-32/h6-7,12-15,17,20H,8-11H2,1-5H3,(H,28,29,30)/t17-/m1/s1. The molecule has 37 heavy (non-hydrogen) atoms. The number of halogens is 1. The Morgan fingerprint density at radius 3 is 2.62 bits per heavy atom. The van der Waals surface area contributed by atoms with Gasteiger partial charge >= 0.3 is 0 Å². The maximum Gasteiger partial charge on any atom is 0.263 e. The van der Waals surface area contributed by atoms with Crippen LogP contribution in [-0.4, -0.2) is 69.9 Å². The highest BCUT2D eigenvalue weighted by molar-refractivity contribution is 7.92. The van der Waals surface area contributed by atoms with E-state index in [1.807, 2.05) is 13.0 Å². The molecule has 2 heterocycles. The molecule has 0 saturated carbocycles. The molecule has 0 bridgehead atoms. The molecule has 11 heteroatoms. The first-order chi connectivity index (χ1) is 17.5. The lowest BCUT2D eigenvalue weighted by molar-refractivity contribution is -0.140. The predicted octanol–water partition coefficient (Wildman–Crippen LogP) is 4.58. The fourth-order valence-corrected chi connectivity index (χ4v) is 5.02. The van der Waals surface area contributed by atoms with Gasteiger partial charge in [-0.05, 0) is 56.5 Å². The van der Waals surface area contributed by atoms with Crippen LogP contribution in [0.5, 0.6) is 5.75 Å². The van der Waals surface area contributed by atoms with Crippen LogP contribution in [0.25, 0.3) is 10.9 Å². The van der Waals surface area contributed by atoms with Gasteiger partial charge in [0, 0.05) is 53.9 Å². The number of rotatable bonds is 7. The smallest absolute Gasteiger partial charge is 0.263 e. The van der Waals surface area contributed by atoms with Gasteiger partial charge in [-0.3, -0.25) is 4.79 Å². The van der Waals surface area contributed by atoms with Crippen molar-refractivity contribution in [1.29, 1.82) is 0 Å². The summed E-state index contributed by atoms with van der Waals surface area (Å²) in [6.45, 7) is 4.72. The lowest BCUT2D eigenvalue weighted by Crippen LogP contribution is -2.46. The molecule has 1 amide bonds. The number of aromatic nitrogens is 2. The molecule has 1 aliphatic heterocycles. The van der Waals surface area contributed by atoms with E-state index in [0.717, 1.165) is 23.8 Å². The predicted molar refractivity (Wildman–Crippen MR) is 143 cm³/mol. The monoisotopic (exact) mass is 529 g/mol. The summed E-state index contributed by atoms with van der Waals surface area (Å²) in [6.07, 6.45) is 5.43. The van der Waals surface area contributed by atoms with Crippen molar-refractivity contribution in [3.05, 3.63) is 48.0 Å². The number of hydrogen-bond donors (Lipinski definition) is 1. The third-order valence-corrected chi connectivity index (χ3v) is 6.83. The number of hydrogen-bond acceptors (Lipinski definition) is 8. The van der Waals surface area contributed by atoms with Crippen LogP contribution in [0.3, 0.4) is 0 Å². The third-order valence-electron chi connectivity index (χ3n) is 6.18. The maximum atomic E-state index is 14.2. The summed E-state index contributed by atoms with van der Waals surface area (Å²) in [7, 11) is -0.658. The average molecular weight is 530 g/mol. The second-order valence-electron chi connectivity index (χ2n) is 9.44. The summed E-state index contributed by atoms with van der Waals surface area (Å²) in [5.74, 6) is 0.0341. The first-order valence-electron chi connectivity index (χ1n) is 12.0. The van der Waals surface area contributed by atoms with E-state index < -0.39 is 21.7 Å². The number of likely N-dealkylation sites (tertiary alicyclic amines) is 1. The highest BCUT2D eigenvalue weighted by atomic mass is 32.2. The Morgan fingerprint density at radius 1 is 1.22 bits per heavy atom. The Labute approximate surface area is 216 Å². The lowest BCUT2D eigenvalue weighted by Gasteiger charge is -2.33. The van der Waals surface area contributed by atoms with E-state index in [9.17, 15) is 13.4 Å². The zero-order valence-corrected chi connectivity index (χ0v) is 22.5. The summed E-state index contributed by atoms with van der Waals surface area (Å²) >= 11 is 0. The lowest BCUT2D eigenvalue weighted by atomic mass is 10.1. The van der Waals surface area contributed by atoms with Crippen LogP contribution < -0.4 is 10.1 Å². The number of carbonyl (C=O) groups excluding carboxylic acids is 1. The highest BCUT2D eigenvalue weighted by Gasteiger charge is 2.27. The average Bonchev–Trinajstić information content (AvgIpc) is 2.84. The van der Waals surface area contributed by atoms with Crippen molar-refractivity contribution < 1.29 is 22.9 Å². The fourth-order valence-electron chi connectivity index (χ4n) is 4.41. The van der Waals surface area contributed by atoms with Crippen molar-refractivity contribution in [3.63, 3.8) is 0 Å². The number of ether oxygens (including phenoxy) is 2. The Bertz CT molecular complexity index is 1420. The van der Waals surface area contributed by atoms with Crippen LogP contribution in [0, 0.1) is 12.7 Å². The first kappa shape index (κ1) is 26.7. The summed E-state index contributed by atoms with van der Waals surface area (Å²) in [6, 6.07) is 7.66. The SMILES string of the molecule is COC1CCN(C(=O)[C@@H](C)Oc2cc(F)ccc2Nc2ncnc3cc(N=S(C)(C)=O)cc(C)c23)CC1. The molecule has 0 radical (unpaired) electrons. The van der Waals surface area contributed by atoms with Crippen LogP contribution >= 0.6 is 0 Å². The number of benzene rings is 2. The van der Waals surface area contributed by atoms with Gasteiger partial charge in [-0.15, -0.1) is 0 Å². The molecular formula is C26H32FN5O4S. The fraction of sp³-hybridized carbons (Fsp3) is 0.423. The second-order valence-corrected chi connectivity index (χ2v) is 12.0. The number of aryl methyl sites for hydroxylation is 1. The van der Waals surface area contributed by atoms with E-state index >= 15 is 0 Å². The number of amides is 1. The highest BCUT2D eigenvalue weighted by Crippen LogP contribution is 2.34. The Hall–Kier alpha value is -3.31. The van der Waals surface area contributed by atoms with Crippen molar-refractivity contribution in [1.82, 2.24) is 14.9 Å². The molecule has 1 N–H and O–H groups in total. The van der Waals surface area contributed by atoms with E-state index in [0.29, 0.717) is 35.8 Å². The van der Waals surface area contributed by atoms with Gasteiger partial charge in [-0.25, -0.2) is 18.6 Å². The quantitative estimate of drug-likeness (QED) is 0.477. The van der Waals surface area contributed by atoms with Crippen LogP contribution in [0.4, 0.5) is 21.6 Å². The number of nitrogens with zero attached hydrogens (tertiary/aromatic N) is 4. The van der Waals surface area contributed by atoms with Crippen LogP contribution in [-0.2, 0) is 19.3 Å². The number of nitrogens with one attached hydrogen (secondary N) is 1. The van der Waals surface area contributed by atoms with E-state index in [1.54, 1.807) is 43.6 Å². The van der Waals surface area contributed by atoms with Gasteiger partial charge in [-0.1, -0.05) is 0 Å². The van der Waals surface area contributed by atoms with Gasteiger partial charge in [0.05, 0.1) is 23.0 Å². The summed E-state index contributed by atoms with van der Waals surface area (Å²) in [5, 5.41) is 3.95. The summed E-state index contributed by atoms with van der Waals surface area (Å²) in [4.78, 5) is 23.5. The van der Waals surface area contributed by atoms with Gasteiger partial charge in [0.1, 0.15) is 23.7 Å². The number of piperidine rings is 1. The van der Waals surface area contributed by atoms with Crippen molar-refractivity contribution in [2.24, 2.45) is 4.36 Å². The molecule has 3 aromatic rings. The maximum absolute atomic E-state index is 14.2. The molecule has 1 aliphatic rings. The minimum absolute atomic E-state index is 0.156. The molecule has 0 aliphatic carbocycles. The summed E-state index contributed by atoms with van der Waals surface area (Å²) < 4.78 is 42.0. The second kappa shape index (κ2) is 11.0. The van der Waals surface area contributed by atoms with Crippen LogP contribution in [0.2, 0.25) is 0 Å². The van der Waals surface area contributed by atoms with E-state index in [-0.39, 0.29) is 17.8 Å². The topological polar surface area (TPSA) is 106 Å². The molecule has 4 rings (SSSR count). The molecule has 2 aromatic carbocycles. The Balaban J connectivity index is 1.60. The van der Waals surface area contributed by atoms with Gasteiger partial charge in [-0.2, -0.15) is 4.36 Å². The molecule has 1 saturated heterocycles. The molecule has 1 aromatic heterocycles. The molecule has 9 nitrogen and oxygen atoms in total. The van der Waals surface area contributed by atoms with Crippen molar-refractivity contribution in [3.8, 4) is 5.75 Å². The minimum Gasteiger partial charge on any atom is -0.479 e.